The molecule has 1 spiro atoms. The molecule has 0 bridgehead atoms. The van der Waals surface area contributed by atoms with Crippen LogP contribution in [0.15, 0.2) is 28.2 Å². The molecule has 13 nitrogen and oxygen atoms in total. The van der Waals surface area contributed by atoms with E-state index < -0.39 is 62.6 Å². The minimum absolute atomic E-state index is 0.0146. The molecule has 0 aliphatic carbocycles. The van der Waals surface area contributed by atoms with Gasteiger partial charge in [-0.2, -0.15) is 13.4 Å². The smallest absolute Gasteiger partial charge is 0.351 e. The van der Waals surface area contributed by atoms with E-state index in [1.54, 1.807) is 0 Å². The first-order chi connectivity index (χ1) is 17.9. The fraction of sp³-hybridized carbons (Fsp3) is 0.708. The Labute approximate surface area is 237 Å². The van der Waals surface area contributed by atoms with Crippen molar-refractivity contribution in [3.63, 3.8) is 0 Å². The van der Waals surface area contributed by atoms with E-state index in [-0.39, 0.29) is 21.6 Å². The summed E-state index contributed by atoms with van der Waals surface area (Å²) < 4.78 is 52.4. The predicted octanol–water partition coefficient (Wildman–Crippen LogP) is 3.30. The van der Waals surface area contributed by atoms with Crippen LogP contribution in [-0.2, 0) is 37.5 Å². The molecule has 0 amide bonds. The number of ether oxygens (including phenoxy) is 1. The van der Waals surface area contributed by atoms with Crippen molar-refractivity contribution >= 4 is 38.5 Å². The van der Waals surface area contributed by atoms with Gasteiger partial charge in [-0.3, -0.25) is 9.36 Å². The summed E-state index contributed by atoms with van der Waals surface area (Å²) in [6.07, 6.45) is -2.39. The van der Waals surface area contributed by atoms with Crippen LogP contribution < -0.4 is 16.9 Å². The van der Waals surface area contributed by atoms with E-state index in [4.69, 9.17) is 28.3 Å². The molecule has 2 unspecified atom stereocenters. The minimum atomic E-state index is -4.23. The average Bonchev–Trinajstić information content (AvgIpc) is 3.17. The molecule has 3 heterocycles. The van der Waals surface area contributed by atoms with Crippen molar-refractivity contribution in [1.29, 1.82) is 0 Å². The second kappa shape index (κ2) is 10.3. The number of carbonyl (C=O) groups is 1. The van der Waals surface area contributed by atoms with Crippen molar-refractivity contribution in [3.8, 4) is 0 Å². The number of nitrogens with two attached hydrogens (primary N) is 1. The number of rotatable bonds is 7. The Morgan fingerprint density at radius 3 is 2.10 bits per heavy atom. The summed E-state index contributed by atoms with van der Waals surface area (Å²) in [4.78, 5) is 33.1. The number of hydrogen-bond acceptors (Lipinski definition) is 12. The number of nitrogens with one attached hydrogen (secondary N) is 1. The molecule has 4 atom stereocenters. The highest BCUT2D eigenvalue weighted by molar-refractivity contribution is 7.90. The number of aromatic nitrogens is 2. The summed E-state index contributed by atoms with van der Waals surface area (Å²) in [7, 11) is -9.54. The van der Waals surface area contributed by atoms with Gasteiger partial charge in [0.05, 0.1) is 11.1 Å². The van der Waals surface area contributed by atoms with Gasteiger partial charge in [0.2, 0.25) is 5.60 Å². The zero-order valence-corrected chi connectivity index (χ0v) is 27.8. The SMILES string of the molecule is CC(=O)ONc1ccn([C@@H]2O[C@H](O[Si](C)(C)C(C)(C)C)C3(OS(=O)(=O)C=C3N)C2O[Si](C)(C)C(C)(C)C)c(=O)n1. The first-order valence-electron chi connectivity index (χ1n) is 12.9. The third-order valence-corrected chi connectivity index (χ3v) is 18.0. The summed E-state index contributed by atoms with van der Waals surface area (Å²) in [5.41, 5.74) is 5.93. The van der Waals surface area contributed by atoms with Crippen molar-refractivity contribution in [3.05, 3.63) is 33.9 Å². The molecular formula is C24H42N4O9SSi2. The lowest BCUT2D eigenvalue weighted by atomic mass is 9.94. The normalized spacial score (nSPS) is 27.1. The fourth-order valence-corrected chi connectivity index (χ4v) is 7.34. The van der Waals surface area contributed by atoms with Crippen molar-refractivity contribution in [2.45, 2.75) is 109 Å². The largest absolute Gasteiger partial charge is 0.406 e. The zero-order chi connectivity index (χ0) is 30.7. The van der Waals surface area contributed by atoms with E-state index >= 15 is 0 Å². The molecule has 1 aromatic heterocycles. The molecule has 1 fully saturated rings. The Balaban J connectivity index is 2.23. The van der Waals surface area contributed by atoms with E-state index in [0.717, 1.165) is 9.98 Å². The van der Waals surface area contributed by atoms with E-state index in [9.17, 15) is 18.0 Å². The van der Waals surface area contributed by atoms with Crippen molar-refractivity contribution < 1.29 is 35.8 Å². The molecule has 1 aromatic rings. The minimum Gasteiger partial charge on any atom is -0.406 e. The van der Waals surface area contributed by atoms with Crippen molar-refractivity contribution in [2.24, 2.45) is 5.73 Å². The molecule has 3 N–H and O–H groups in total. The van der Waals surface area contributed by atoms with Crippen LogP contribution >= 0.6 is 0 Å². The van der Waals surface area contributed by atoms with Gasteiger partial charge in [-0.15, -0.1) is 0 Å². The van der Waals surface area contributed by atoms with Crippen LogP contribution in [0.25, 0.3) is 0 Å². The van der Waals surface area contributed by atoms with Gasteiger partial charge in [0.15, 0.2) is 35.0 Å². The molecule has 0 saturated carbocycles. The molecular weight excluding hydrogens is 577 g/mol. The third-order valence-electron chi connectivity index (χ3n) is 8.11. The van der Waals surface area contributed by atoms with Gasteiger partial charge < -0.3 is 24.2 Å². The lowest BCUT2D eigenvalue weighted by molar-refractivity contribution is -0.147. The molecule has 40 heavy (non-hydrogen) atoms. The Kier molecular flexibility index (Phi) is 8.37. The van der Waals surface area contributed by atoms with Crippen LogP contribution in [0.3, 0.4) is 0 Å². The van der Waals surface area contributed by atoms with E-state index in [0.29, 0.717) is 0 Å². The molecule has 16 heteroatoms. The first-order valence-corrected chi connectivity index (χ1v) is 20.2. The van der Waals surface area contributed by atoms with Crippen LogP contribution in [0.1, 0.15) is 54.7 Å². The maximum Gasteiger partial charge on any atom is 0.351 e. The summed E-state index contributed by atoms with van der Waals surface area (Å²) in [6, 6.07) is 1.40. The zero-order valence-electron chi connectivity index (χ0n) is 25.0. The van der Waals surface area contributed by atoms with Gasteiger partial charge in [0, 0.05) is 19.2 Å². The molecule has 0 aromatic carbocycles. The third kappa shape index (κ3) is 6.07. The van der Waals surface area contributed by atoms with Gasteiger partial charge in [-0.05, 0) is 36.3 Å². The van der Waals surface area contributed by atoms with Crippen LogP contribution in [-0.4, -0.2) is 58.6 Å². The summed E-state index contributed by atoms with van der Waals surface area (Å²) in [5, 5.41) is 0.244. The maximum absolute atomic E-state index is 13.3. The maximum atomic E-state index is 13.3. The molecule has 226 valence electrons. The van der Waals surface area contributed by atoms with Gasteiger partial charge in [0.1, 0.15) is 6.10 Å². The number of anilines is 1. The van der Waals surface area contributed by atoms with E-state index in [1.165, 1.54) is 19.2 Å². The van der Waals surface area contributed by atoms with Crippen LogP contribution in [0.5, 0.6) is 0 Å². The van der Waals surface area contributed by atoms with Crippen LogP contribution in [0.2, 0.25) is 36.3 Å². The summed E-state index contributed by atoms with van der Waals surface area (Å²) in [5.74, 6) is -0.637. The van der Waals surface area contributed by atoms with E-state index in [1.807, 2.05) is 67.7 Å². The Morgan fingerprint density at radius 1 is 1.10 bits per heavy atom. The number of hydrogen-bond donors (Lipinski definition) is 2. The molecule has 3 rings (SSSR count). The summed E-state index contributed by atoms with van der Waals surface area (Å²) in [6.45, 7) is 21.3. The number of nitrogens with zero attached hydrogens (tertiary/aromatic N) is 2. The molecule has 1 saturated heterocycles. The Bertz CT molecular complexity index is 1350. The highest BCUT2D eigenvalue weighted by Crippen LogP contribution is 2.53. The van der Waals surface area contributed by atoms with Crippen LogP contribution in [0, 0.1) is 0 Å². The second-order valence-electron chi connectivity index (χ2n) is 13.2. The van der Waals surface area contributed by atoms with Gasteiger partial charge in [-0.1, -0.05) is 41.5 Å². The van der Waals surface area contributed by atoms with E-state index in [2.05, 4.69) is 10.5 Å². The fourth-order valence-electron chi connectivity index (χ4n) is 3.74. The summed E-state index contributed by atoms with van der Waals surface area (Å²) >= 11 is 0. The van der Waals surface area contributed by atoms with Crippen LogP contribution in [0.4, 0.5) is 5.82 Å². The second-order valence-corrected chi connectivity index (χ2v) is 24.1. The lowest BCUT2D eigenvalue weighted by Crippen LogP contribution is -2.60. The highest BCUT2D eigenvalue weighted by Gasteiger charge is 2.69. The molecule has 2 aliphatic rings. The van der Waals surface area contributed by atoms with Crippen molar-refractivity contribution in [2.75, 3.05) is 5.48 Å². The van der Waals surface area contributed by atoms with Crippen molar-refractivity contribution in [1.82, 2.24) is 9.55 Å². The molecule has 0 radical (unpaired) electrons. The highest BCUT2D eigenvalue weighted by atomic mass is 32.2. The Hall–Kier alpha value is -2.09. The topological polar surface area (TPSA) is 170 Å². The first kappa shape index (κ1) is 32.4. The standard InChI is InChI=1S/C24H42N4O9SSi2/c1-15(29)34-27-17-12-13-28(21(30)26-17)19-18(35-39(8,9)22(2,3)4)24(16(25)14-38(31,32)37-24)20(33-19)36-40(10,11)23(5,6)7/h12-14,18-20H,25H2,1-11H3,(H,26,27,30)/t18?,19-,20-,24?/m1/s1. The average molecular weight is 619 g/mol. The Morgan fingerprint density at radius 2 is 1.65 bits per heavy atom. The van der Waals surface area contributed by atoms with Gasteiger partial charge in [0.25, 0.3) is 10.1 Å². The lowest BCUT2D eigenvalue weighted by Gasteiger charge is -2.44. The monoisotopic (exact) mass is 618 g/mol. The predicted molar refractivity (Wildman–Crippen MR) is 153 cm³/mol. The van der Waals surface area contributed by atoms with Gasteiger partial charge >= 0.3 is 11.7 Å². The molecule has 2 aliphatic heterocycles. The number of carbonyl (C=O) groups excluding carboxylic acids is 1. The van der Waals surface area contributed by atoms with Gasteiger partial charge in [-0.25, -0.2) is 14.5 Å². The quantitative estimate of drug-likeness (QED) is 0.260.